The van der Waals surface area contributed by atoms with E-state index in [1.165, 1.54) is 11.1 Å². The van der Waals surface area contributed by atoms with Crippen molar-refractivity contribution in [2.75, 3.05) is 97.6 Å². The third-order valence-electron chi connectivity index (χ3n) is 14.2. The maximum atomic E-state index is 13.2. The molecule has 0 aromatic heterocycles. The summed E-state index contributed by atoms with van der Waals surface area (Å²) in [7, 11) is 4.55. The summed E-state index contributed by atoms with van der Waals surface area (Å²) in [5, 5.41) is 0. The first-order valence-electron chi connectivity index (χ1n) is 26.5. The zero-order valence-electron chi connectivity index (χ0n) is 44.5. The highest BCUT2D eigenvalue weighted by Crippen LogP contribution is 2.62. The van der Waals surface area contributed by atoms with Gasteiger partial charge >= 0.3 is 24.1 Å². The lowest BCUT2D eigenvalue weighted by Crippen LogP contribution is -2.67. The Kier molecular flexibility index (Phi) is 26.3. The van der Waals surface area contributed by atoms with E-state index in [1.807, 2.05) is 27.7 Å². The first kappa shape index (κ1) is 62.5. The van der Waals surface area contributed by atoms with Gasteiger partial charge < -0.3 is 42.5 Å². The fourth-order valence-corrected chi connectivity index (χ4v) is 14.3. The van der Waals surface area contributed by atoms with Gasteiger partial charge in [-0.3, -0.25) is 0 Å². The lowest BCUT2D eigenvalue weighted by atomic mass is 9.55. The van der Waals surface area contributed by atoms with Gasteiger partial charge in [0.2, 0.25) is 6.54 Å². The molecule has 0 saturated heterocycles. The quantitative estimate of drug-likeness (QED) is 0.0214. The molecule has 7 unspecified atom stereocenters. The zero-order chi connectivity index (χ0) is 54.6. The van der Waals surface area contributed by atoms with Crippen molar-refractivity contribution >= 4 is 30.1 Å². The molecule has 2 saturated carbocycles. The number of nitrogens with zero attached hydrogens (tertiary/aromatic N) is 3. The van der Waals surface area contributed by atoms with E-state index in [-0.39, 0.29) is 48.9 Å². The SMILES string of the molecule is [2H]CC(CCCOCCSSCCCN(C)CCCOCCOc1ccc2c(c1)CCC1C2CCC2(C)C(OCCCOC(C(F)(F)F)(C(F)(F)F)C(F)(F)F)CCC12)COP(OCC[N+]#[C-])N(C(C)C)C(C)C. The molecule has 7 atom stereocenters. The topological polar surface area (TPSA) is 75.5 Å². The molecule has 0 aliphatic heterocycles. The Labute approximate surface area is 439 Å². The highest BCUT2D eigenvalue weighted by molar-refractivity contribution is 8.76. The first-order chi connectivity index (χ1) is 35.0. The molecule has 0 heterocycles. The molecule has 4 rings (SSSR count). The number of rotatable bonds is 35. The van der Waals surface area contributed by atoms with Gasteiger partial charge in [-0.25, -0.2) is 11.2 Å². The Hall–Kier alpha value is -1.31. The molecular weight excluding hydrogens is 1030 g/mol. The molecule has 0 bridgehead atoms. The Balaban J connectivity index is 1.01. The number of fused-ring (bicyclic) bond motifs is 5. The van der Waals surface area contributed by atoms with Gasteiger partial charge in [-0.05, 0) is 164 Å². The fourth-order valence-electron chi connectivity index (χ4n) is 10.7. The molecule has 0 spiro atoms. The molecule has 73 heavy (non-hydrogen) atoms. The summed E-state index contributed by atoms with van der Waals surface area (Å²) in [6.07, 6.45) is -12.4. The predicted molar refractivity (Wildman–Crippen MR) is 272 cm³/mol. The van der Waals surface area contributed by atoms with Gasteiger partial charge in [0, 0.05) is 51.3 Å². The molecule has 0 radical (unpaired) electrons. The van der Waals surface area contributed by atoms with Crippen LogP contribution in [0.3, 0.4) is 0 Å². The molecule has 1 aromatic rings. The van der Waals surface area contributed by atoms with Gasteiger partial charge in [-0.1, -0.05) is 41.5 Å². The van der Waals surface area contributed by atoms with Crippen LogP contribution in [-0.4, -0.2) is 150 Å². The molecule has 0 amide bonds. The van der Waals surface area contributed by atoms with Gasteiger partial charge in [0.1, 0.15) is 19.0 Å². The molecule has 10 nitrogen and oxygen atoms in total. The minimum absolute atomic E-state index is 0.108. The second kappa shape index (κ2) is 30.7. The fraction of sp³-hybridized carbons (Fsp3) is 0.863. The standard InChI is InChI=1S/C51H81F9N3O7PS2/c1-37(2)63(38(3)4)71(69-29-22-61-7)70-36-39(5)13-9-25-65-32-34-73-72-33-11-24-62(8)23-10-26-64-30-31-66-41-15-17-42-40(35-41)14-16-44-43(42)20-21-47(6)45(44)18-19-46(47)67-27-12-28-68-48(49(52,53)54,50(55,56)57)51(58,59)60/h15,17,35,37-39,43-46H,9-14,16,18-34,36H2,1-6,8H3/i5D. The summed E-state index contributed by atoms with van der Waals surface area (Å²) in [4.78, 5) is 5.72. The average Bonchev–Trinajstić information content (AvgIpc) is 3.66. The summed E-state index contributed by atoms with van der Waals surface area (Å²) in [5.74, 6) is 3.89. The van der Waals surface area contributed by atoms with Crippen LogP contribution >= 0.6 is 30.1 Å². The molecule has 0 N–H and O–H groups in total. The summed E-state index contributed by atoms with van der Waals surface area (Å²) in [6.45, 7) is 22.2. The van der Waals surface area contributed by atoms with Gasteiger partial charge in [-0.15, -0.1) is 0 Å². The summed E-state index contributed by atoms with van der Waals surface area (Å²) < 4.78 is 169. The normalized spacial score (nSPS) is 22.6. The Bertz CT molecular complexity index is 1760. The van der Waals surface area contributed by atoms with Crippen molar-refractivity contribution in [3.8, 4) is 5.75 Å². The van der Waals surface area contributed by atoms with E-state index >= 15 is 0 Å². The molecular formula is C51H81F9N3O7PS2. The second-order valence-electron chi connectivity index (χ2n) is 20.2. The van der Waals surface area contributed by atoms with E-state index in [9.17, 15) is 39.5 Å². The predicted octanol–water partition coefficient (Wildman–Crippen LogP) is 14.0. The summed E-state index contributed by atoms with van der Waals surface area (Å²) in [6, 6.07) is 6.76. The van der Waals surface area contributed by atoms with Crippen LogP contribution in [0.4, 0.5) is 39.5 Å². The lowest BCUT2D eigenvalue weighted by Gasteiger charge is -2.50. The number of hydrogen-bond acceptors (Lipinski definition) is 11. The minimum atomic E-state index is -6.75. The third kappa shape index (κ3) is 18.7. The molecule has 22 heteroatoms. The van der Waals surface area contributed by atoms with Crippen LogP contribution in [0.15, 0.2) is 18.2 Å². The van der Waals surface area contributed by atoms with Crippen molar-refractivity contribution in [1.29, 1.82) is 0 Å². The largest absolute Gasteiger partial charge is 0.491 e. The number of alkyl halides is 9. The lowest BCUT2D eigenvalue weighted by molar-refractivity contribution is -0.457. The van der Waals surface area contributed by atoms with Gasteiger partial charge in [0.05, 0.1) is 32.5 Å². The van der Waals surface area contributed by atoms with Gasteiger partial charge in [0.15, 0.2) is 0 Å². The highest BCUT2D eigenvalue weighted by atomic mass is 33.1. The van der Waals surface area contributed by atoms with Crippen LogP contribution in [0.1, 0.15) is 124 Å². The van der Waals surface area contributed by atoms with E-state index in [0.717, 1.165) is 88.1 Å². The monoisotopic (exact) mass is 1110 g/mol. The Morgan fingerprint density at radius 1 is 0.795 bits per heavy atom. The number of benzene rings is 1. The molecule has 3 aliphatic rings. The molecule has 422 valence electrons. The molecule has 2 fully saturated rings. The van der Waals surface area contributed by atoms with Crippen molar-refractivity contribution in [2.24, 2.45) is 23.2 Å². The van der Waals surface area contributed by atoms with Crippen LogP contribution in [0.25, 0.3) is 4.85 Å². The molecule has 3 aliphatic carbocycles. The van der Waals surface area contributed by atoms with Crippen molar-refractivity contribution < 1.29 is 73.6 Å². The van der Waals surface area contributed by atoms with Gasteiger partial charge in [0.25, 0.3) is 8.53 Å². The maximum absolute atomic E-state index is 13.2. The summed E-state index contributed by atoms with van der Waals surface area (Å²) >= 11 is 0. The van der Waals surface area contributed by atoms with E-state index in [4.69, 9.17) is 35.9 Å². The van der Waals surface area contributed by atoms with Gasteiger partial charge in [-0.2, -0.15) is 39.5 Å². The Morgan fingerprint density at radius 2 is 1.48 bits per heavy atom. The first-order valence-corrected chi connectivity index (χ1v) is 29.4. The number of ether oxygens (including phenoxy) is 5. The maximum Gasteiger partial charge on any atom is 0.435 e. The molecule has 1 aromatic carbocycles. The minimum Gasteiger partial charge on any atom is -0.491 e. The van der Waals surface area contributed by atoms with E-state index in [1.54, 1.807) is 0 Å². The zero-order valence-corrected chi connectivity index (χ0v) is 46.1. The van der Waals surface area contributed by atoms with Crippen molar-refractivity contribution in [1.82, 2.24) is 9.57 Å². The third-order valence-corrected chi connectivity index (χ3v) is 18.7. The van der Waals surface area contributed by atoms with E-state index in [2.05, 4.69) is 73.0 Å². The average molecular weight is 1120 g/mol. The highest BCUT2D eigenvalue weighted by Gasteiger charge is 2.85. The van der Waals surface area contributed by atoms with Crippen LogP contribution in [-0.2, 0) is 34.4 Å². The number of hydrogen-bond donors (Lipinski definition) is 0. The van der Waals surface area contributed by atoms with Crippen LogP contribution < -0.4 is 4.74 Å². The van der Waals surface area contributed by atoms with E-state index < -0.39 is 45.7 Å². The van der Waals surface area contributed by atoms with Crippen molar-refractivity contribution in [3.05, 3.63) is 40.7 Å². The number of aryl methyl sites for hydroxylation is 1. The van der Waals surface area contributed by atoms with Crippen molar-refractivity contribution in [3.63, 3.8) is 0 Å². The van der Waals surface area contributed by atoms with Crippen LogP contribution in [0, 0.1) is 29.7 Å². The number of halogens is 9. The van der Waals surface area contributed by atoms with Crippen LogP contribution in [0.5, 0.6) is 5.75 Å². The smallest absolute Gasteiger partial charge is 0.435 e. The second-order valence-corrected chi connectivity index (χ2v) is 24.3. The van der Waals surface area contributed by atoms with Crippen molar-refractivity contribution in [2.45, 2.75) is 160 Å². The van der Waals surface area contributed by atoms with E-state index in [0.29, 0.717) is 71.0 Å². The van der Waals surface area contributed by atoms with Crippen LogP contribution in [0.2, 0.25) is 0 Å². The summed E-state index contributed by atoms with van der Waals surface area (Å²) in [5.41, 5.74) is -3.98. The Morgan fingerprint density at radius 3 is 2.16 bits per heavy atom.